The number of aromatic nitrogens is 2. The Balaban J connectivity index is 1.85. The SMILES string of the molecule is Cc1ccc(C)c(C(=O)[C@H]2CC(=O)Nc3c2c(C)nn3-c2ccc(C)c(C)c2)c1. The number of rotatable bonds is 3. The first-order chi connectivity index (χ1) is 13.8. The topological polar surface area (TPSA) is 64.0 Å². The molecule has 0 aliphatic carbocycles. The van der Waals surface area contributed by atoms with Gasteiger partial charge in [-0.1, -0.05) is 23.8 Å². The van der Waals surface area contributed by atoms with Crippen molar-refractivity contribution in [3.63, 3.8) is 0 Å². The van der Waals surface area contributed by atoms with Gasteiger partial charge >= 0.3 is 0 Å². The van der Waals surface area contributed by atoms with Gasteiger partial charge in [-0.3, -0.25) is 9.59 Å². The molecule has 0 spiro atoms. The Morgan fingerprint density at radius 1 is 1.00 bits per heavy atom. The number of amides is 1. The normalized spacial score (nSPS) is 15.8. The predicted molar refractivity (Wildman–Crippen MR) is 114 cm³/mol. The van der Waals surface area contributed by atoms with Crippen LogP contribution in [0.2, 0.25) is 0 Å². The van der Waals surface area contributed by atoms with Crippen molar-refractivity contribution in [2.24, 2.45) is 0 Å². The van der Waals surface area contributed by atoms with Crippen LogP contribution in [0.1, 0.15) is 56.2 Å². The predicted octanol–water partition coefficient (Wildman–Crippen LogP) is 4.72. The van der Waals surface area contributed by atoms with Gasteiger partial charge < -0.3 is 5.32 Å². The van der Waals surface area contributed by atoms with E-state index in [-0.39, 0.29) is 18.1 Å². The molecule has 148 valence electrons. The number of nitrogens with one attached hydrogen (secondary N) is 1. The van der Waals surface area contributed by atoms with Gasteiger partial charge in [-0.05, 0) is 69.5 Å². The number of benzene rings is 2. The highest BCUT2D eigenvalue weighted by molar-refractivity contribution is 6.08. The number of Topliss-reactive ketones (excluding diaryl/α,β-unsaturated/α-hetero) is 1. The lowest BCUT2D eigenvalue weighted by molar-refractivity contribution is -0.116. The Morgan fingerprint density at radius 2 is 1.72 bits per heavy atom. The highest BCUT2D eigenvalue weighted by Crippen LogP contribution is 2.38. The first kappa shape index (κ1) is 19.1. The molecule has 0 fully saturated rings. The third-order valence-electron chi connectivity index (χ3n) is 5.81. The van der Waals surface area contributed by atoms with Crippen LogP contribution in [0.5, 0.6) is 0 Å². The molecule has 0 bridgehead atoms. The third-order valence-corrected chi connectivity index (χ3v) is 5.81. The van der Waals surface area contributed by atoms with Crippen LogP contribution < -0.4 is 5.32 Å². The van der Waals surface area contributed by atoms with Crippen molar-refractivity contribution in [1.29, 1.82) is 0 Å². The molecule has 0 saturated heterocycles. The summed E-state index contributed by atoms with van der Waals surface area (Å²) in [5.41, 5.74) is 7.42. The zero-order valence-electron chi connectivity index (χ0n) is 17.5. The lowest BCUT2D eigenvalue weighted by Gasteiger charge is -2.24. The molecule has 1 aliphatic heterocycles. The number of nitrogens with zero attached hydrogens (tertiary/aromatic N) is 2. The third kappa shape index (κ3) is 3.27. The molecule has 2 aromatic carbocycles. The quantitative estimate of drug-likeness (QED) is 0.661. The number of fused-ring (bicyclic) bond motifs is 1. The number of carbonyl (C=O) groups excluding carboxylic acids is 2. The van der Waals surface area contributed by atoms with E-state index in [1.54, 1.807) is 4.68 Å². The average molecular weight is 387 g/mol. The Morgan fingerprint density at radius 3 is 2.45 bits per heavy atom. The van der Waals surface area contributed by atoms with Crippen LogP contribution >= 0.6 is 0 Å². The highest BCUT2D eigenvalue weighted by Gasteiger charge is 2.36. The van der Waals surface area contributed by atoms with Gasteiger partial charge in [0.25, 0.3) is 0 Å². The molecule has 1 N–H and O–H groups in total. The maximum absolute atomic E-state index is 13.5. The fourth-order valence-corrected chi connectivity index (χ4v) is 4.00. The lowest BCUT2D eigenvalue weighted by atomic mass is 9.84. The number of hydrogen-bond acceptors (Lipinski definition) is 3. The summed E-state index contributed by atoms with van der Waals surface area (Å²) in [4.78, 5) is 26.0. The second kappa shape index (κ2) is 6.99. The summed E-state index contributed by atoms with van der Waals surface area (Å²) in [5, 5.41) is 7.64. The monoisotopic (exact) mass is 387 g/mol. The summed E-state index contributed by atoms with van der Waals surface area (Å²) in [6.07, 6.45) is 0.138. The van der Waals surface area contributed by atoms with Crippen LogP contribution in [-0.4, -0.2) is 21.5 Å². The number of ketones is 1. The zero-order chi connectivity index (χ0) is 20.9. The molecule has 2 heterocycles. The molecular weight excluding hydrogens is 362 g/mol. The Bertz CT molecular complexity index is 1160. The smallest absolute Gasteiger partial charge is 0.226 e. The Hall–Kier alpha value is -3.21. The number of hydrogen-bond donors (Lipinski definition) is 1. The lowest BCUT2D eigenvalue weighted by Crippen LogP contribution is -2.28. The number of carbonyl (C=O) groups is 2. The standard InChI is InChI=1S/C24H25N3O2/c1-13-6-7-15(3)19(10-13)23(29)20-12-21(28)25-24-22(20)17(5)26-27(24)18-9-8-14(2)16(4)11-18/h6-11,20H,12H2,1-5H3,(H,25,28)/t20-/m0/s1. The fourth-order valence-electron chi connectivity index (χ4n) is 4.00. The van der Waals surface area contributed by atoms with Gasteiger partial charge in [0, 0.05) is 17.5 Å². The molecule has 0 unspecified atom stereocenters. The molecule has 0 radical (unpaired) electrons. The molecule has 4 rings (SSSR count). The minimum atomic E-state index is -0.528. The average Bonchev–Trinajstić information content (AvgIpc) is 3.01. The molecule has 0 saturated carbocycles. The Kier molecular flexibility index (Phi) is 4.61. The summed E-state index contributed by atoms with van der Waals surface area (Å²) in [7, 11) is 0. The summed E-state index contributed by atoms with van der Waals surface area (Å²) in [6.45, 7) is 9.91. The van der Waals surface area contributed by atoms with Crippen molar-refractivity contribution in [2.45, 2.75) is 47.0 Å². The van der Waals surface area contributed by atoms with Crippen molar-refractivity contribution in [3.05, 3.63) is 75.5 Å². The van der Waals surface area contributed by atoms with E-state index in [0.717, 1.165) is 33.6 Å². The molecule has 5 heteroatoms. The highest BCUT2D eigenvalue weighted by atomic mass is 16.2. The maximum atomic E-state index is 13.5. The molecular formula is C24H25N3O2. The minimum Gasteiger partial charge on any atom is -0.310 e. The van der Waals surface area contributed by atoms with Crippen LogP contribution in [0.25, 0.3) is 5.69 Å². The second-order valence-electron chi connectivity index (χ2n) is 8.02. The summed E-state index contributed by atoms with van der Waals surface area (Å²) >= 11 is 0. The zero-order valence-corrected chi connectivity index (χ0v) is 17.5. The van der Waals surface area contributed by atoms with E-state index < -0.39 is 5.92 Å². The molecule has 5 nitrogen and oxygen atoms in total. The maximum Gasteiger partial charge on any atom is 0.226 e. The Labute approximate surface area is 170 Å². The molecule has 29 heavy (non-hydrogen) atoms. The van der Waals surface area contributed by atoms with Gasteiger partial charge in [0.1, 0.15) is 5.82 Å². The van der Waals surface area contributed by atoms with E-state index in [1.165, 1.54) is 5.56 Å². The van der Waals surface area contributed by atoms with E-state index in [4.69, 9.17) is 0 Å². The molecule has 1 aliphatic rings. The van der Waals surface area contributed by atoms with Gasteiger partial charge in [-0.15, -0.1) is 0 Å². The van der Waals surface area contributed by atoms with Crippen molar-refractivity contribution in [3.8, 4) is 5.69 Å². The molecule has 1 aromatic heterocycles. The summed E-state index contributed by atoms with van der Waals surface area (Å²) in [5.74, 6) is -0.110. The first-order valence-electron chi connectivity index (χ1n) is 9.84. The van der Waals surface area contributed by atoms with Gasteiger partial charge in [-0.25, -0.2) is 4.68 Å². The number of aryl methyl sites for hydroxylation is 5. The van der Waals surface area contributed by atoms with Crippen molar-refractivity contribution < 1.29 is 9.59 Å². The molecule has 3 aromatic rings. The van der Waals surface area contributed by atoms with Crippen LogP contribution in [0.15, 0.2) is 36.4 Å². The largest absolute Gasteiger partial charge is 0.310 e. The second-order valence-corrected chi connectivity index (χ2v) is 8.02. The molecule has 1 atom stereocenters. The van der Waals surface area contributed by atoms with Crippen LogP contribution in [0.4, 0.5) is 5.82 Å². The van der Waals surface area contributed by atoms with E-state index in [1.807, 2.05) is 64.1 Å². The van der Waals surface area contributed by atoms with E-state index in [2.05, 4.69) is 17.3 Å². The van der Waals surface area contributed by atoms with Crippen molar-refractivity contribution >= 4 is 17.5 Å². The van der Waals surface area contributed by atoms with Crippen LogP contribution in [0.3, 0.4) is 0 Å². The molecule has 1 amide bonds. The summed E-state index contributed by atoms with van der Waals surface area (Å²) < 4.78 is 1.75. The van der Waals surface area contributed by atoms with Crippen LogP contribution in [-0.2, 0) is 4.79 Å². The van der Waals surface area contributed by atoms with E-state index in [9.17, 15) is 9.59 Å². The van der Waals surface area contributed by atoms with Gasteiger partial charge in [0.15, 0.2) is 5.78 Å². The minimum absolute atomic E-state index is 0.0231. The first-order valence-corrected chi connectivity index (χ1v) is 9.84. The van der Waals surface area contributed by atoms with E-state index in [0.29, 0.717) is 11.4 Å². The van der Waals surface area contributed by atoms with Gasteiger partial charge in [0.05, 0.1) is 17.3 Å². The van der Waals surface area contributed by atoms with Crippen molar-refractivity contribution in [2.75, 3.05) is 5.32 Å². The van der Waals surface area contributed by atoms with Gasteiger partial charge in [-0.2, -0.15) is 5.10 Å². The van der Waals surface area contributed by atoms with E-state index >= 15 is 0 Å². The fraction of sp³-hybridized carbons (Fsp3) is 0.292. The van der Waals surface area contributed by atoms with Crippen molar-refractivity contribution in [1.82, 2.24) is 9.78 Å². The summed E-state index contributed by atoms with van der Waals surface area (Å²) in [6, 6.07) is 11.9. The number of anilines is 1. The van der Waals surface area contributed by atoms with Gasteiger partial charge in [0.2, 0.25) is 5.91 Å². The van der Waals surface area contributed by atoms with Crippen LogP contribution in [0, 0.1) is 34.6 Å².